The second-order valence-corrected chi connectivity index (χ2v) is 5.54. The van der Waals surface area contributed by atoms with Crippen LogP contribution in [0.15, 0.2) is 18.2 Å². The first-order valence-corrected chi connectivity index (χ1v) is 7.30. The largest absolute Gasteiger partial charge is 0.388 e. The van der Waals surface area contributed by atoms with Crippen LogP contribution in [-0.4, -0.2) is 38.2 Å². The summed E-state index contributed by atoms with van der Waals surface area (Å²) in [5, 5.41) is 20.9. The van der Waals surface area contributed by atoms with Crippen LogP contribution in [0, 0.1) is 0 Å². The molecule has 0 saturated heterocycles. The molecule has 6 heteroatoms. The van der Waals surface area contributed by atoms with E-state index in [0.717, 1.165) is 18.5 Å². The molecule has 0 fully saturated rings. The number of carbonyl (C=O) groups excluding carboxylic acids is 1. The summed E-state index contributed by atoms with van der Waals surface area (Å²) in [6.07, 6.45) is 1.52. The Morgan fingerprint density at radius 1 is 1.43 bits per heavy atom. The molecule has 0 radical (unpaired) electrons. The van der Waals surface area contributed by atoms with Crippen molar-refractivity contribution in [3.05, 3.63) is 23.8 Å². The average Bonchev–Trinajstić information content (AvgIpc) is 2.87. The minimum Gasteiger partial charge on any atom is -0.388 e. The Bertz CT molecular complexity index is 634. The SMILES string of the molecule is CCCC(C)(O)CNC(=O)c1ccc2c(c1)nnn2CC. The lowest BCUT2D eigenvalue weighted by atomic mass is 10.0. The van der Waals surface area contributed by atoms with Gasteiger partial charge in [-0.05, 0) is 38.5 Å². The van der Waals surface area contributed by atoms with Gasteiger partial charge in [-0.1, -0.05) is 18.6 Å². The maximum atomic E-state index is 12.1. The molecule has 2 N–H and O–H groups in total. The predicted octanol–water partition coefficient (Wildman–Crippen LogP) is 1.73. The highest BCUT2D eigenvalue weighted by atomic mass is 16.3. The molecule has 1 aromatic heterocycles. The van der Waals surface area contributed by atoms with Crippen LogP contribution in [0.5, 0.6) is 0 Å². The molecule has 0 spiro atoms. The minimum atomic E-state index is -0.875. The normalized spacial score (nSPS) is 14.1. The molecule has 1 aromatic carbocycles. The Hall–Kier alpha value is -1.95. The molecule has 1 unspecified atom stereocenters. The van der Waals surface area contributed by atoms with E-state index in [1.54, 1.807) is 23.7 Å². The van der Waals surface area contributed by atoms with Crippen LogP contribution >= 0.6 is 0 Å². The van der Waals surface area contributed by atoms with E-state index >= 15 is 0 Å². The van der Waals surface area contributed by atoms with Crippen LogP contribution in [0.3, 0.4) is 0 Å². The van der Waals surface area contributed by atoms with Gasteiger partial charge in [0.15, 0.2) is 0 Å². The topological polar surface area (TPSA) is 80.0 Å². The standard InChI is InChI=1S/C15H22N4O2/c1-4-8-15(3,21)10-16-14(20)11-6-7-13-12(9-11)17-18-19(13)5-2/h6-7,9,21H,4-5,8,10H2,1-3H3,(H,16,20). The second kappa shape index (κ2) is 6.22. The van der Waals surface area contributed by atoms with Gasteiger partial charge < -0.3 is 10.4 Å². The monoisotopic (exact) mass is 290 g/mol. The van der Waals surface area contributed by atoms with E-state index in [-0.39, 0.29) is 12.5 Å². The number of aryl methyl sites for hydroxylation is 1. The number of fused-ring (bicyclic) bond motifs is 1. The van der Waals surface area contributed by atoms with Crippen molar-refractivity contribution in [2.75, 3.05) is 6.54 Å². The van der Waals surface area contributed by atoms with Gasteiger partial charge in [-0.15, -0.1) is 5.10 Å². The molecule has 6 nitrogen and oxygen atoms in total. The maximum Gasteiger partial charge on any atom is 0.251 e. The summed E-state index contributed by atoms with van der Waals surface area (Å²) in [7, 11) is 0. The van der Waals surface area contributed by atoms with E-state index in [0.29, 0.717) is 17.5 Å². The smallest absolute Gasteiger partial charge is 0.251 e. The van der Waals surface area contributed by atoms with Gasteiger partial charge in [0.1, 0.15) is 5.52 Å². The zero-order valence-corrected chi connectivity index (χ0v) is 12.8. The number of hydrogen-bond acceptors (Lipinski definition) is 4. The number of rotatable bonds is 6. The summed E-state index contributed by atoms with van der Waals surface area (Å²) in [6, 6.07) is 5.32. The van der Waals surface area contributed by atoms with Crippen LogP contribution in [0.1, 0.15) is 44.0 Å². The molecule has 0 aliphatic carbocycles. The molecule has 2 aromatic rings. The number of nitrogens with one attached hydrogen (secondary N) is 1. The minimum absolute atomic E-state index is 0.209. The number of carbonyl (C=O) groups is 1. The van der Waals surface area contributed by atoms with Crippen molar-refractivity contribution in [2.24, 2.45) is 0 Å². The molecular weight excluding hydrogens is 268 g/mol. The summed E-state index contributed by atoms with van der Waals surface area (Å²) in [5.41, 5.74) is 1.26. The summed E-state index contributed by atoms with van der Waals surface area (Å²) >= 11 is 0. The van der Waals surface area contributed by atoms with Crippen LogP contribution in [0.2, 0.25) is 0 Å². The Labute approximate surface area is 124 Å². The fourth-order valence-corrected chi connectivity index (χ4v) is 2.35. The highest BCUT2D eigenvalue weighted by Gasteiger charge is 2.20. The third kappa shape index (κ3) is 3.58. The van der Waals surface area contributed by atoms with Crippen molar-refractivity contribution in [1.29, 1.82) is 0 Å². The van der Waals surface area contributed by atoms with E-state index in [4.69, 9.17) is 0 Å². The lowest BCUT2D eigenvalue weighted by molar-refractivity contribution is 0.0469. The number of amides is 1. The van der Waals surface area contributed by atoms with Gasteiger partial charge in [0.25, 0.3) is 5.91 Å². The zero-order chi connectivity index (χ0) is 15.5. The molecule has 21 heavy (non-hydrogen) atoms. The quantitative estimate of drug-likeness (QED) is 0.849. The summed E-state index contributed by atoms with van der Waals surface area (Å²) in [4.78, 5) is 12.1. The van der Waals surface area contributed by atoms with Crippen LogP contribution in [-0.2, 0) is 6.54 Å². The highest BCUT2D eigenvalue weighted by molar-refractivity contribution is 5.97. The average molecular weight is 290 g/mol. The van der Waals surface area contributed by atoms with E-state index in [9.17, 15) is 9.90 Å². The molecule has 0 aliphatic heterocycles. The summed E-state index contributed by atoms with van der Waals surface area (Å²) in [5.74, 6) is -0.209. The van der Waals surface area contributed by atoms with Crippen molar-refractivity contribution < 1.29 is 9.90 Å². The van der Waals surface area contributed by atoms with Crippen molar-refractivity contribution in [1.82, 2.24) is 20.3 Å². The number of hydrogen-bond donors (Lipinski definition) is 2. The first-order chi connectivity index (χ1) is 9.96. The first-order valence-electron chi connectivity index (χ1n) is 7.30. The van der Waals surface area contributed by atoms with E-state index in [1.165, 1.54) is 0 Å². The van der Waals surface area contributed by atoms with E-state index < -0.39 is 5.60 Å². The molecule has 1 amide bonds. The number of benzene rings is 1. The van der Waals surface area contributed by atoms with Gasteiger partial charge in [0, 0.05) is 18.7 Å². The van der Waals surface area contributed by atoms with Crippen LogP contribution < -0.4 is 5.32 Å². The molecule has 2 rings (SSSR count). The second-order valence-electron chi connectivity index (χ2n) is 5.54. The Kier molecular flexibility index (Phi) is 4.57. The molecule has 1 heterocycles. The van der Waals surface area contributed by atoms with Crippen molar-refractivity contribution >= 4 is 16.9 Å². The Balaban J connectivity index is 2.09. The van der Waals surface area contributed by atoms with Crippen LogP contribution in [0.25, 0.3) is 11.0 Å². The van der Waals surface area contributed by atoms with Gasteiger partial charge in [-0.2, -0.15) is 0 Å². The van der Waals surface area contributed by atoms with Gasteiger partial charge in [0.2, 0.25) is 0 Å². The summed E-state index contributed by atoms with van der Waals surface area (Å²) < 4.78 is 1.78. The van der Waals surface area contributed by atoms with Crippen LogP contribution in [0.4, 0.5) is 0 Å². The van der Waals surface area contributed by atoms with Gasteiger partial charge in [0.05, 0.1) is 11.1 Å². The molecular formula is C15H22N4O2. The summed E-state index contributed by atoms with van der Waals surface area (Å²) in [6.45, 7) is 6.69. The Morgan fingerprint density at radius 2 is 2.19 bits per heavy atom. The molecule has 114 valence electrons. The number of aromatic nitrogens is 3. The maximum absolute atomic E-state index is 12.1. The van der Waals surface area contributed by atoms with Gasteiger partial charge in [-0.3, -0.25) is 4.79 Å². The zero-order valence-electron chi connectivity index (χ0n) is 12.8. The van der Waals surface area contributed by atoms with Gasteiger partial charge in [-0.25, -0.2) is 4.68 Å². The molecule has 0 aliphatic rings. The fourth-order valence-electron chi connectivity index (χ4n) is 2.35. The first kappa shape index (κ1) is 15.4. The third-order valence-corrected chi connectivity index (χ3v) is 3.49. The lowest BCUT2D eigenvalue weighted by Crippen LogP contribution is -2.40. The molecule has 1 atom stereocenters. The van der Waals surface area contributed by atoms with Gasteiger partial charge >= 0.3 is 0 Å². The third-order valence-electron chi connectivity index (χ3n) is 3.49. The number of nitrogens with zero attached hydrogens (tertiary/aromatic N) is 3. The molecule has 0 saturated carbocycles. The van der Waals surface area contributed by atoms with Crippen molar-refractivity contribution in [2.45, 2.75) is 45.8 Å². The predicted molar refractivity (Wildman–Crippen MR) is 81.1 cm³/mol. The van der Waals surface area contributed by atoms with E-state index in [1.807, 2.05) is 19.9 Å². The lowest BCUT2D eigenvalue weighted by Gasteiger charge is -2.22. The van der Waals surface area contributed by atoms with Crippen molar-refractivity contribution in [3.8, 4) is 0 Å². The Morgan fingerprint density at radius 3 is 2.86 bits per heavy atom. The number of aliphatic hydroxyl groups is 1. The highest BCUT2D eigenvalue weighted by Crippen LogP contribution is 2.14. The van der Waals surface area contributed by atoms with Crippen molar-refractivity contribution in [3.63, 3.8) is 0 Å². The molecule has 0 bridgehead atoms. The van der Waals surface area contributed by atoms with E-state index in [2.05, 4.69) is 15.6 Å². The fraction of sp³-hybridized carbons (Fsp3) is 0.533.